The summed E-state index contributed by atoms with van der Waals surface area (Å²) >= 11 is 3.45. The molecule has 0 unspecified atom stereocenters. The maximum absolute atomic E-state index is 6.07. The number of hydrogen-bond acceptors (Lipinski definition) is 3. The summed E-state index contributed by atoms with van der Waals surface area (Å²) in [4.78, 5) is 4.70. The molecule has 2 rings (SSSR count). The van der Waals surface area contributed by atoms with Gasteiger partial charge in [-0.15, -0.1) is 0 Å². The van der Waals surface area contributed by atoms with Crippen LogP contribution in [0.1, 0.15) is 19.3 Å². The predicted molar refractivity (Wildman–Crippen MR) is 86.7 cm³/mol. The molecule has 1 fully saturated rings. The first-order valence-corrected chi connectivity index (χ1v) is 7.80. The number of nitrogens with two attached hydrogens (primary N) is 1. The Hall–Kier alpha value is -0.740. The summed E-state index contributed by atoms with van der Waals surface area (Å²) in [6, 6.07) is 6.12. The Balaban J connectivity index is 1.85. The van der Waals surface area contributed by atoms with Crippen molar-refractivity contribution in [3.05, 3.63) is 22.7 Å². The molecule has 1 aromatic rings. The van der Waals surface area contributed by atoms with Crippen LogP contribution in [0.2, 0.25) is 0 Å². The summed E-state index contributed by atoms with van der Waals surface area (Å²) in [5.74, 6) is 0.871. The fraction of sp³-hybridized carbons (Fsp3) is 0.600. The Kier molecular flexibility index (Phi) is 5.11. The maximum Gasteiger partial charge on any atom is 0.0598 e. The van der Waals surface area contributed by atoms with Crippen molar-refractivity contribution in [3.63, 3.8) is 0 Å². The lowest BCUT2D eigenvalue weighted by Crippen LogP contribution is -2.32. The molecule has 19 heavy (non-hydrogen) atoms. The highest BCUT2D eigenvalue weighted by Gasteiger charge is 2.17. The molecule has 0 aliphatic carbocycles. The second-order valence-corrected chi connectivity index (χ2v) is 6.58. The topological polar surface area (TPSA) is 32.5 Å². The normalized spacial score (nSPS) is 17.6. The molecule has 1 saturated heterocycles. The molecule has 0 radical (unpaired) electrons. The molecular weight excluding hydrogens is 302 g/mol. The van der Waals surface area contributed by atoms with Crippen LogP contribution >= 0.6 is 15.9 Å². The van der Waals surface area contributed by atoms with E-state index in [1.54, 1.807) is 0 Å². The van der Waals surface area contributed by atoms with Gasteiger partial charge in [-0.3, -0.25) is 0 Å². The van der Waals surface area contributed by atoms with E-state index in [0.29, 0.717) is 0 Å². The van der Waals surface area contributed by atoms with E-state index in [9.17, 15) is 0 Å². The molecule has 106 valence electrons. The zero-order valence-corrected chi connectivity index (χ0v) is 13.5. The SMILES string of the molecule is CN1CCC(CCN(C)c2ccc(Br)cc2N)CC1. The monoisotopic (exact) mass is 325 g/mol. The van der Waals surface area contributed by atoms with Crippen LogP contribution in [0, 0.1) is 5.92 Å². The molecule has 0 atom stereocenters. The van der Waals surface area contributed by atoms with E-state index < -0.39 is 0 Å². The van der Waals surface area contributed by atoms with E-state index in [1.165, 1.54) is 32.4 Å². The number of rotatable bonds is 4. The molecule has 2 N–H and O–H groups in total. The van der Waals surface area contributed by atoms with Crippen molar-refractivity contribution in [2.45, 2.75) is 19.3 Å². The van der Waals surface area contributed by atoms with E-state index in [1.807, 2.05) is 6.07 Å². The van der Waals surface area contributed by atoms with Crippen molar-refractivity contribution in [1.29, 1.82) is 0 Å². The van der Waals surface area contributed by atoms with Gasteiger partial charge in [0.2, 0.25) is 0 Å². The Morgan fingerprint density at radius 2 is 2.05 bits per heavy atom. The van der Waals surface area contributed by atoms with Gasteiger partial charge in [0, 0.05) is 18.1 Å². The molecule has 1 aliphatic rings. The van der Waals surface area contributed by atoms with Gasteiger partial charge in [-0.25, -0.2) is 0 Å². The number of hydrogen-bond donors (Lipinski definition) is 1. The fourth-order valence-electron chi connectivity index (χ4n) is 2.72. The van der Waals surface area contributed by atoms with Crippen LogP contribution < -0.4 is 10.6 Å². The number of nitrogen functional groups attached to an aromatic ring is 1. The summed E-state index contributed by atoms with van der Waals surface area (Å²) in [7, 11) is 4.35. The number of nitrogens with zero attached hydrogens (tertiary/aromatic N) is 2. The van der Waals surface area contributed by atoms with Crippen molar-refractivity contribution in [2.75, 3.05) is 44.4 Å². The van der Waals surface area contributed by atoms with Crippen LogP contribution in [0.3, 0.4) is 0 Å². The average Bonchev–Trinajstić information content (AvgIpc) is 2.37. The Morgan fingerprint density at radius 3 is 2.68 bits per heavy atom. The van der Waals surface area contributed by atoms with Crippen molar-refractivity contribution in [1.82, 2.24) is 4.90 Å². The fourth-order valence-corrected chi connectivity index (χ4v) is 3.10. The molecule has 0 aromatic heterocycles. The van der Waals surface area contributed by atoms with Gasteiger partial charge < -0.3 is 15.5 Å². The van der Waals surface area contributed by atoms with Gasteiger partial charge in [0.05, 0.1) is 11.4 Å². The lowest BCUT2D eigenvalue weighted by molar-refractivity contribution is 0.213. The molecule has 0 saturated carbocycles. The number of benzene rings is 1. The third kappa shape index (κ3) is 4.11. The highest BCUT2D eigenvalue weighted by molar-refractivity contribution is 9.10. The molecule has 0 amide bonds. The highest BCUT2D eigenvalue weighted by Crippen LogP contribution is 2.27. The molecule has 1 heterocycles. The summed E-state index contributed by atoms with van der Waals surface area (Å²) in [5.41, 5.74) is 8.05. The molecule has 0 spiro atoms. The van der Waals surface area contributed by atoms with Crippen LogP contribution in [0.4, 0.5) is 11.4 Å². The lowest BCUT2D eigenvalue weighted by atomic mass is 9.93. The zero-order chi connectivity index (χ0) is 13.8. The molecular formula is C15H24BrN3. The third-order valence-corrected chi connectivity index (χ3v) is 4.60. The lowest BCUT2D eigenvalue weighted by Gasteiger charge is -2.30. The van der Waals surface area contributed by atoms with Crippen molar-refractivity contribution < 1.29 is 0 Å². The van der Waals surface area contributed by atoms with Crippen LogP contribution in [0.15, 0.2) is 22.7 Å². The van der Waals surface area contributed by atoms with E-state index in [4.69, 9.17) is 5.73 Å². The van der Waals surface area contributed by atoms with E-state index in [-0.39, 0.29) is 0 Å². The molecule has 3 nitrogen and oxygen atoms in total. The highest BCUT2D eigenvalue weighted by atomic mass is 79.9. The summed E-state index contributed by atoms with van der Waals surface area (Å²) in [6.07, 6.45) is 3.93. The number of anilines is 2. The van der Waals surface area contributed by atoms with Crippen LogP contribution in [-0.4, -0.2) is 38.6 Å². The minimum Gasteiger partial charge on any atom is -0.397 e. The average molecular weight is 326 g/mol. The van der Waals surface area contributed by atoms with E-state index >= 15 is 0 Å². The second kappa shape index (κ2) is 6.62. The van der Waals surface area contributed by atoms with Crippen molar-refractivity contribution in [2.24, 2.45) is 5.92 Å². The van der Waals surface area contributed by atoms with Gasteiger partial charge in [0.15, 0.2) is 0 Å². The van der Waals surface area contributed by atoms with E-state index in [2.05, 4.69) is 52.0 Å². The third-order valence-electron chi connectivity index (χ3n) is 4.11. The second-order valence-electron chi connectivity index (χ2n) is 5.66. The maximum atomic E-state index is 6.07. The van der Waals surface area contributed by atoms with Crippen LogP contribution in [-0.2, 0) is 0 Å². The largest absolute Gasteiger partial charge is 0.397 e. The van der Waals surface area contributed by atoms with Gasteiger partial charge in [0.1, 0.15) is 0 Å². The van der Waals surface area contributed by atoms with Gasteiger partial charge >= 0.3 is 0 Å². The number of piperidine rings is 1. The Labute approximate surface area is 124 Å². The Bertz CT molecular complexity index is 414. The summed E-state index contributed by atoms with van der Waals surface area (Å²) in [6.45, 7) is 3.57. The van der Waals surface area contributed by atoms with Crippen molar-refractivity contribution >= 4 is 27.3 Å². The van der Waals surface area contributed by atoms with Gasteiger partial charge in [0.25, 0.3) is 0 Å². The first kappa shape index (κ1) is 14.7. The first-order chi connectivity index (χ1) is 9.06. The molecule has 4 heteroatoms. The molecule has 0 bridgehead atoms. The van der Waals surface area contributed by atoms with Gasteiger partial charge in [-0.05, 0) is 63.5 Å². The standard InChI is InChI=1S/C15H24BrN3/c1-18-8-5-12(6-9-18)7-10-19(2)15-4-3-13(16)11-14(15)17/h3-4,11-12H,5-10,17H2,1-2H3. The predicted octanol–water partition coefficient (Wildman–Crippen LogP) is 3.20. The minimum absolute atomic E-state index is 0.847. The van der Waals surface area contributed by atoms with E-state index in [0.717, 1.165) is 28.3 Å². The summed E-state index contributed by atoms with van der Waals surface area (Å²) in [5, 5.41) is 0. The van der Waals surface area contributed by atoms with Gasteiger partial charge in [-0.2, -0.15) is 0 Å². The van der Waals surface area contributed by atoms with Crippen LogP contribution in [0.25, 0.3) is 0 Å². The minimum atomic E-state index is 0.847. The van der Waals surface area contributed by atoms with Crippen LogP contribution in [0.5, 0.6) is 0 Å². The number of halogens is 1. The molecule has 1 aromatic carbocycles. The number of likely N-dealkylation sites (tertiary alicyclic amines) is 1. The quantitative estimate of drug-likeness (QED) is 0.863. The smallest absolute Gasteiger partial charge is 0.0598 e. The van der Waals surface area contributed by atoms with Crippen molar-refractivity contribution in [3.8, 4) is 0 Å². The summed E-state index contributed by atoms with van der Waals surface area (Å²) < 4.78 is 1.04. The van der Waals surface area contributed by atoms with Gasteiger partial charge in [-0.1, -0.05) is 15.9 Å². The molecule has 1 aliphatic heterocycles. The zero-order valence-electron chi connectivity index (χ0n) is 11.9. The Morgan fingerprint density at radius 1 is 1.37 bits per heavy atom. The first-order valence-electron chi connectivity index (χ1n) is 7.01.